The Balaban J connectivity index is 1.96. The van der Waals surface area contributed by atoms with E-state index in [0.717, 1.165) is 29.5 Å². The average Bonchev–Trinajstić information content (AvgIpc) is 2.98. The number of thiophene rings is 1. The molecule has 1 saturated heterocycles. The fraction of sp³-hybridized carbons (Fsp3) is 0.500. The van der Waals surface area contributed by atoms with Crippen molar-refractivity contribution in [1.29, 1.82) is 0 Å². The van der Waals surface area contributed by atoms with Crippen LogP contribution in [0.5, 0.6) is 0 Å². The fourth-order valence-electron chi connectivity index (χ4n) is 2.44. The summed E-state index contributed by atoms with van der Waals surface area (Å²) in [7, 11) is 1.99. The van der Waals surface area contributed by atoms with Crippen LogP contribution in [0.25, 0.3) is 10.7 Å². The third-order valence-corrected chi connectivity index (χ3v) is 4.26. The van der Waals surface area contributed by atoms with Crippen molar-refractivity contribution in [3.8, 4) is 10.7 Å². The Kier molecular flexibility index (Phi) is 2.72. The van der Waals surface area contributed by atoms with Crippen LogP contribution in [0.2, 0.25) is 0 Å². The van der Waals surface area contributed by atoms with Crippen molar-refractivity contribution in [1.82, 2.24) is 20.1 Å². The minimum Gasteiger partial charge on any atom is -0.314 e. The highest BCUT2D eigenvalue weighted by atomic mass is 32.1. The summed E-state index contributed by atoms with van der Waals surface area (Å²) < 4.78 is 1.93. The molecule has 0 bridgehead atoms. The summed E-state index contributed by atoms with van der Waals surface area (Å²) in [6, 6.07) is 4.60. The van der Waals surface area contributed by atoms with Gasteiger partial charge in [0, 0.05) is 19.0 Å². The maximum atomic E-state index is 4.71. The predicted octanol–water partition coefficient (Wildman–Crippen LogP) is 2.01. The minimum absolute atomic E-state index is 0.487. The summed E-state index contributed by atoms with van der Waals surface area (Å²) in [4.78, 5) is 5.85. The molecule has 5 heteroatoms. The van der Waals surface area contributed by atoms with Gasteiger partial charge in [-0.1, -0.05) is 6.07 Å². The molecule has 2 aromatic heterocycles. The zero-order valence-electron chi connectivity index (χ0n) is 10.1. The standard InChI is InChI=1S/C12H16N4S/c1-8-9(5-6-13-8)12-14-11(15-16(12)2)10-4-3-7-17-10/h3-4,7-9,13H,5-6H2,1-2H3. The van der Waals surface area contributed by atoms with E-state index in [-0.39, 0.29) is 0 Å². The molecule has 0 radical (unpaired) electrons. The van der Waals surface area contributed by atoms with E-state index in [4.69, 9.17) is 4.98 Å². The second-order valence-corrected chi connectivity index (χ2v) is 5.48. The molecular weight excluding hydrogens is 232 g/mol. The molecule has 0 aliphatic carbocycles. The Morgan fingerprint density at radius 2 is 2.41 bits per heavy atom. The van der Waals surface area contributed by atoms with Crippen LogP contribution in [-0.4, -0.2) is 27.4 Å². The van der Waals surface area contributed by atoms with Gasteiger partial charge < -0.3 is 5.32 Å². The number of aromatic nitrogens is 3. The highest BCUT2D eigenvalue weighted by Gasteiger charge is 2.28. The molecule has 4 nitrogen and oxygen atoms in total. The monoisotopic (exact) mass is 248 g/mol. The van der Waals surface area contributed by atoms with Crippen LogP contribution in [0.15, 0.2) is 17.5 Å². The van der Waals surface area contributed by atoms with Crippen molar-refractivity contribution in [2.24, 2.45) is 7.05 Å². The first-order valence-electron chi connectivity index (χ1n) is 5.94. The molecular formula is C12H16N4S. The van der Waals surface area contributed by atoms with Crippen LogP contribution in [-0.2, 0) is 7.05 Å². The average molecular weight is 248 g/mol. The van der Waals surface area contributed by atoms with Gasteiger partial charge in [0.2, 0.25) is 0 Å². The van der Waals surface area contributed by atoms with Gasteiger partial charge in [-0.15, -0.1) is 11.3 Å². The van der Waals surface area contributed by atoms with E-state index in [9.17, 15) is 0 Å². The second-order valence-electron chi connectivity index (χ2n) is 4.53. The zero-order valence-corrected chi connectivity index (χ0v) is 10.9. The molecule has 1 aliphatic heterocycles. The van der Waals surface area contributed by atoms with E-state index >= 15 is 0 Å². The Hall–Kier alpha value is -1.20. The van der Waals surface area contributed by atoms with Crippen molar-refractivity contribution in [3.63, 3.8) is 0 Å². The van der Waals surface area contributed by atoms with Crippen LogP contribution < -0.4 is 5.32 Å². The van der Waals surface area contributed by atoms with Crippen molar-refractivity contribution in [3.05, 3.63) is 23.3 Å². The highest BCUT2D eigenvalue weighted by Crippen LogP contribution is 2.28. The number of aryl methyl sites for hydroxylation is 1. The van der Waals surface area contributed by atoms with Crippen molar-refractivity contribution < 1.29 is 0 Å². The lowest BCUT2D eigenvalue weighted by atomic mass is 10.0. The maximum Gasteiger partial charge on any atom is 0.191 e. The first kappa shape index (κ1) is 10.9. The Bertz CT molecular complexity index is 503. The van der Waals surface area contributed by atoms with Crippen molar-refractivity contribution in [2.75, 3.05) is 6.54 Å². The molecule has 0 amide bonds. The quantitative estimate of drug-likeness (QED) is 0.884. The molecule has 2 aromatic rings. The van der Waals surface area contributed by atoms with Gasteiger partial charge in [-0.2, -0.15) is 5.10 Å². The van der Waals surface area contributed by atoms with Crippen LogP contribution in [0.4, 0.5) is 0 Å². The summed E-state index contributed by atoms with van der Waals surface area (Å²) in [5, 5.41) is 10.0. The zero-order chi connectivity index (χ0) is 11.8. The molecule has 0 aromatic carbocycles. The van der Waals surface area contributed by atoms with Crippen LogP contribution >= 0.6 is 11.3 Å². The van der Waals surface area contributed by atoms with Gasteiger partial charge in [0.1, 0.15) is 5.82 Å². The normalized spacial score (nSPS) is 24.4. The van der Waals surface area contributed by atoms with Crippen LogP contribution in [0, 0.1) is 0 Å². The lowest BCUT2D eigenvalue weighted by Gasteiger charge is -2.13. The number of nitrogens with one attached hydrogen (secondary N) is 1. The van der Waals surface area contributed by atoms with Gasteiger partial charge in [-0.3, -0.25) is 4.68 Å². The fourth-order valence-corrected chi connectivity index (χ4v) is 3.09. The third-order valence-electron chi connectivity index (χ3n) is 3.40. The molecule has 17 heavy (non-hydrogen) atoms. The Labute approximate surface area is 105 Å². The third kappa shape index (κ3) is 1.89. The molecule has 3 heterocycles. The van der Waals surface area contributed by atoms with Gasteiger partial charge in [0.25, 0.3) is 0 Å². The topological polar surface area (TPSA) is 42.7 Å². The van der Waals surface area contributed by atoms with Gasteiger partial charge >= 0.3 is 0 Å². The second kappa shape index (κ2) is 4.23. The van der Waals surface area contributed by atoms with Crippen molar-refractivity contribution in [2.45, 2.75) is 25.3 Å². The Morgan fingerprint density at radius 3 is 3.06 bits per heavy atom. The molecule has 1 aliphatic rings. The van der Waals surface area contributed by atoms with E-state index in [2.05, 4.69) is 28.8 Å². The van der Waals surface area contributed by atoms with E-state index in [1.807, 2.05) is 17.8 Å². The molecule has 1 fully saturated rings. The highest BCUT2D eigenvalue weighted by molar-refractivity contribution is 7.13. The van der Waals surface area contributed by atoms with E-state index in [1.54, 1.807) is 11.3 Å². The van der Waals surface area contributed by atoms with Gasteiger partial charge in [-0.05, 0) is 31.3 Å². The molecule has 90 valence electrons. The SMILES string of the molecule is CC1NCCC1c1nc(-c2cccs2)nn1C. The smallest absolute Gasteiger partial charge is 0.191 e. The largest absolute Gasteiger partial charge is 0.314 e. The predicted molar refractivity (Wildman–Crippen MR) is 69.1 cm³/mol. The molecule has 2 atom stereocenters. The molecule has 0 saturated carbocycles. The van der Waals surface area contributed by atoms with Gasteiger partial charge in [-0.25, -0.2) is 4.98 Å². The lowest BCUT2D eigenvalue weighted by Crippen LogP contribution is -2.23. The van der Waals surface area contributed by atoms with Crippen LogP contribution in [0.1, 0.15) is 25.1 Å². The number of hydrogen-bond donors (Lipinski definition) is 1. The summed E-state index contributed by atoms with van der Waals surface area (Å²) in [6.45, 7) is 3.30. The first-order chi connectivity index (χ1) is 8.25. The lowest BCUT2D eigenvalue weighted by molar-refractivity contribution is 0.538. The van der Waals surface area contributed by atoms with E-state index in [1.165, 1.54) is 0 Å². The van der Waals surface area contributed by atoms with Crippen LogP contribution in [0.3, 0.4) is 0 Å². The van der Waals surface area contributed by atoms with Crippen molar-refractivity contribution >= 4 is 11.3 Å². The maximum absolute atomic E-state index is 4.71. The first-order valence-corrected chi connectivity index (χ1v) is 6.82. The summed E-state index contributed by atoms with van der Waals surface area (Å²) in [6.07, 6.45) is 1.15. The number of nitrogens with zero attached hydrogens (tertiary/aromatic N) is 3. The van der Waals surface area contributed by atoms with Gasteiger partial charge in [0.15, 0.2) is 5.82 Å². The summed E-state index contributed by atoms with van der Waals surface area (Å²) >= 11 is 1.69. The number of hydrogen-bond acceptors (Lipinski definition) is 4. The molecule has 0 spiro atoms. The molecule has 3 rings (SSSR count). The Morgan fingerprint density at radius 1 is 1.53 bits per heavy atom. The number of rotatable bonds is 2. The van der Waals surface area contributed by atoms with Gasteiger partial charge in [0.05, 0.1) is 4.88 Å². The summed E-state index contributed by atoms with van der Waals surface area (Å²) in [5.74, 6) is 2.45. The molecule has 1 N–H and O–H groups in total. The van der Waals surface area contributed by atoms with E-state index < -0.39 is 0 Å². The van der Waals surface area contributed by atoms with E-state index in [0.29, 0.717) is 12.0 Å². The minimum atomic E-state index is 0.487. The summed E-state index contributed by atoms with van der Waals surface area (Å²) in [5.41, 5.74) is 0. The molecule has 2 unspecified atom stereocenters.